The van der Waals surface area contributed by atoms with E-state index in [1.807, 2.05) is 6.07 Å². The maximum absolute atomic E-state index is 13.1. The molecule has 1 unspecified atom stereocenters. The first kappa shape index (κ1) is 20.1. The molecule has 3 heterocycles. The smallest absolute Gasteiger partial charge is 0.223 e. The fourth-order valence-electron chi connectivity index (χ4n) is 4.56. The fraction of sp³-hybridized carbons (Fsp3) is 0.583. The molecule has 2 aliphatic rings. The fourth-order valence-corrected chi connectivity index (χ4v) is 4.56. The molecule has 1 aromatic carbocycles. The molecule has 4 rings (SSSR count). The first-order valence-corrected chi connectivity index (χ1v) is 10.9. The van der Waals surface area contributed by atoms with Crippen molar-refractivity contribution in [3.63, 3.8) is 0 Å². The number of piperidine rings is 1. The number of hydrogen-bond donors (Lipinski definition) is 0. The predicted molar refractivity (Wildman–Crippen MR) is 114 cm³/mol. The summed E-state index contributed by atoms with van der Waals surface area (Å²) in [5.41, 5.74) is 4.81. The molecule has 2 aromatic rings. The highest BCUT2D eigenvalue weighted by atomic mass is 16.5. The van der Waals surface area contributed by atoms with Crippen LogP contribution in [0.25, 0.3) is 0 Å². The van der Waals surface area contributed by atoms with Crippen LogP contribution in [0.3, 0.4) is 0 Å². The second kappa shape index (κ2) is 8.31. The van der Waals surface area contributed by atoms with Gasteiger partial charge in [0.15, 0.2) is 0 Å². The number of benzene rings is 1. The second-order valence-electron chi connectivity index (χ2n) is 9.59. The van der Waals surface area contributed by atoms with Crippen LogP contribution < -0.4 is 0 Å². The topological polar surface area (TPSA) is 47.4 Å². The van der Waals surface area contributed by atoms with Crippen LogP contribution in [0.1, 0.15) is 75.0 Å². The van der Waals surface area contributed by atoms with Gasteiger partial charge in [-0.1, -0.05) is 51.1 Å². The Hall–Kier alpha value is -2.14. The molecule has 1 atom stereocenters. The van der Waals surface area contributed by atoms with Gasteiger partial charge in [-0.15, -0.1) is 0 Å². The van der Waals surface area contributed by atoms with Crippen molar-refractivity contribution < 1.29 is 9.53 Å². The molecule has 1 saturated heterocycles. The van der Waals surface area contributed by atoms with Crippen molar-refractivity contribution >= 4 is 5.91 Å². The lowest BCUT2D eigenvalue weighted by Crippen LogP contribution is -2.40. The van der Waals surface area contributed by atoms with E-state index in [4.69, 9.17) is 9.84 Å². The molecule has 29 heavy (non-hydrogen) atoms. The summed E-state index contributed by atoms with van der Waals surface area (Å²) in [6, 6.07) is 10.6. The number of ether oxygens (including phenoxy) is 1. The quantitative estimate of drug-likeness (QED) is 0.766. The van der Waals surface area contributed by atoms with Crippen LogP contribution in [-0.4, -0.2) is 33.7 Å². The molecule has 1 aromatic heterocycles. The SMILES string of the molecule is CC(C)(C)CC(=O)N1CCCCC1c1nn(Cc2ccccc2)c2c1COCC2. The molecular formula is C24H33N3O2. The van der Waals surface area contributed by atoms with Gasteiger partial charge in [-0.2, -0.15) is 5.10 Å². The van der Waals surface area contributed by atoms with Gasteiger partial charge in [-0.05, 0) is 30.2 Å². The van der Waals surface area contributed by atoms with Crippen molar-refractivity contribution in [2.75, 3.05) is 13.2 Å². The largest absolute Gasteiger partial charge is 0.376 e. The van der Waals surface area contributed by atoms with Crippen LogP contribution in [0.5, 0.6) is 0 Å². The third-order valence-corrected chi connectivity index (χ3v) is 5.92. The number of carbonyl (C=O) groups is 1. The highest BCUT2D eigenvalue weighted by molar-refractivity contribution is 5.77. The Morgan fingerprint density at radius 3 is 2.76 bits per heavy atom. The van der Waals surface area contributed by atoms with E-state index < -0.39 is 0 Å². The lowest BCUT2D eigenvalue weighted by atomic mass is 9.89. The number of rotatable bonds is 4. The second-order valence-corrected chi connectivity index (χ2v) is 9.59. The van der Waals surface area contributed by atoms with Gasteiger partial charge >= 0.3 is 0 Å². The van der Waals surface area contributed by atoms with Crippen molar-refractivity contribution in [2.45, 2.75) is 72.1 Å². The number of likely N-dealkylation sites (tertiary alicyclic amines) is 1. The minimum atomic E-state index is -0.00567. The van der Waals surface area contributed by atoms with Gasteiger partial charge in [0.1, 0.15) is 0 Å². The Morgan fingerprint density at radius 2 is 2.00 bits per heavy atom. The number of carbonyl (C=O) groups excluding carboxylic acids is 1. The number of fused-ring (bicyclic) bond motifs is 1. The zero-order valence-electron chi connectivity index (χ0n) is 18.0. The third-order valence-electron chi connectivity index (χ3n) is 5.92. The summed E-state index contributed by atoms with van der Waals surface area (Å²) >= 11 is 0. The average Bonchev–Trinajstić information content (AvgIpc) is 3.06. The van der Waals surface area contributed by atoms with Gasteiger partial charge < -0.3 is 9.64 Å². The van der Waals surface area contributed by atoms with Crippen molar-refractivity contribution in [2.24, 2.45) is 5.41 Å². The summed E-state index contributed by atoms with van der Waals surface area (Å²) in [7, 11) is 0. The number of amides is 1. The maximum atomic E-state index is 13.1. The first-order valence-electron chi connectivity index (χ1n) is 10.9. The molecule has 5 heteroatoms. The summed E-state index contributed by atoms with van der Waals surface area (Å²) < 4.78 is 7.97. The minimum Gasteiger partial charge on any atom is -0.376 e. The molecule has 2 aliphatic heterocycles. The van der Waals surface area contributed by atoms with E-state index in [0.717, 1.165) is 51.1 Å². The summed E-state index contributed by atoms with van der Waals surface area (Å²) in [4.78, 5) is 15.2. The Bertz CT molecular complexity index is 851. The van der Waals surface area contributed by atoms with E-state index in [2.05, 4.69) is 54.6 Å². The average molecular weight is 396 g/mol. The van der Waals surface area contributed by atoms with E-state index >= 15 is 0 Å². The zero-order chi connectivity index (χ0) is 20.4. The molecule has 0 radical (unpaired) electrons. The Labute approximate surface area is 174 Å². The van der Waals surface area contributed by atoms with Crippen molar-refractivity contribution in [1.82, 2.24) is 14.7 Å². The standard InChI is InChI=1S/C24H33N3O2/c1-24(2,3)15-22(28)26-13-8-7-11-21(26)23-19-17-29-14-12-20(19)27(25-23)16-18-9-5-4-6-10-18/h4-6,9-10,21H,7-8,11-17H2,1-3H3. The highest BCUT2D eigenvalue weighted by Crippen LogP contribution is 2.36. The molecule has 1 amide bonds. The molecule has 5 nitrogen and oxygen atoms in total. The lowest BCUT2D eigenvalue weighted by molar-refractivity contribution is -0.137. The number of nitrogens with zero attached hydrogens (tertiary/aromatic N) is 3. The summed E-state index contributed by atoms with van der Waals surface area (Å²) in [5, 5.41) is 5.08. The number of hydrogen-bond acceptors (Lipinski definition) is 3. The molecular weight excluding hydrogens is 362 g/mol. The predicted octanol–water partition coefficient (Wildman–Crippen LogP) is 4.49. The molecule has 1 fully saturated rings. The van der Waals surface area contributed by atoms with Gasteiger partial charge in [0.25, 0.3) is 0 Å². The van der Waals surface area contributed by atoms with Gasteiger partial charge in [-0.3, -0.25) is 9.48 Å². The van der Waals surface area contributed by atoms with Gasteiger partial charge in [0.2, 0.25) is 5.91 Å². The monoisotopic (exact) mass is 395 g/mol. The highest BCUT2D eigenvalue weighted by Gasteiger charge is 2.35. The van der Waals surface area contributed by atoms with Gasteiger partial charge in [-0.25, -0.2) is 0 Å². The van der Waals surface area contributed by atoms with E-state index in [9.17, 15) is 4.79 Å². The molecule has 156 valence electrons. The maximum Gasteiger partial charge on any atom is 0.223 e. The van der Waals surface area contributed by atoms with Crippen LogP contribution in [0.15, 0.2) is 30.3 Å². The van der Waals surface area contributed by atoms with E-state index in [1.54, 1.807) is 0 Å². The van der Waals surface area contributed by atoms with E-state index in [0.29, 0.717) is 13.0 Å². The van der Waals surface area contributed by atoms with E-state index in [1.165, 1.54) is 16.8 Å². The van der Waals surface area contributed by atoms with Crippen molar-refractivity contribution in [1.29, 1.82) is 0 Å². The minimum absolute atomic E-state index is 0.00567. The van der Waals surface area contributed by atoms with Crippen molar-refractivity contribution in [3.8, 4) is 0 Å². The normalized spacial score (nSPS) is 19.8. The molecule has 0 aliphatic carbocycles. The van der Waals surface area contributed by atoms with E-state index in [-0.39, 0.29) is 17.4 Å². The first-order chi connectivity index (χ1) is 13.9. The molecule has 0 bridgehead atoms. The van der Waals surface area contributed by atoms with Crippen LogP contribution >= 0.6 is 0 Å². The molecule has 0 N–H and O–H groups in total. The third kappa shape index (κ3) is 4.55. The zero-order valence-corrected chi connectivity index (χ0v) is 18.0. The van der Waals surface area contributed by atoms with Crippen LogP contribution in [0.4, 0.5) is 0 Å². The van der Waals surface area contributed by atoms with Crippen LogP contribution in [-0.2, 0) is 29.1 Å². The lowest BCUT2D eigenvalue weighted by Gasteiger charge is -2.37. The summed E-state index contributed by atoms with van der Waals surface area (Å²) in [6.45, 7) is 9.35. The van der Waals surface area contributed by atoms with Crippen LogP contribution in [0.2, 0.25) is 0 Å². The molecule has 0 spiro atoms. The van der Waals surface area contributed by atoms with Crippen molar-refractivity contribution in [3.05, 3.63) is 52.8 Å². The Kier molecular flexibility index (Phi) is 5.77. The Balaban J connectivity index is 1.66. The molecule has 0 saturated carbocycles. The van der Waals surface area contributed by atoms with Gasteiger partial charge in [0, 0.05) is 30.6 Å². The summed E-state index contributed by atoms with van der Waals surface area (Å²) in [6.07, 6.45) is 4.68. The number of aromatic nitrogens is 2. The Morgan fingerprint density at radius 1 is 1.21 bits per heavy atom. The van der Waals surface area contributed by atoms with Gasteiger partial charge in [0.05, 0.1) is 31.5 Å². The summed E-state index contributed by atoms with van der Waals surface area (Å²) in [5.74, 6) is 0.255. The van der Waals surface area contributed by atoms with Crippen LogP contribution in [0, 0.1) is 5.41 Å².